The Morgan fingerprint density at radius 1 is 1.45 bits per heavy atom. The lowest BCUT2D eigenvalue weighted by atomic mass is 9.99. The Kier molecular flexibility index (Phi) is 3.22. The second kappa shape index (κ2) is 4.90. The normalized spacial score (nSPS) is 17.9. The summed E-state index contributed by atoms with van der Waals surface area (Å²) in [6, 6.07) is 6.56. The predicted octanol–water partition coefficient (Wildman–Crippen LogP) is 3.71. The SMILES string of the molecule is CC1c2ccsc2CCN1c1cccc(F)c1C(=O)O. The Labute approximate surface area is 120 Å². The van der Waals surface area contributed by atoms with Crippen molar-refractivity contribution in [1.82, 2.24) is 0 Å². The first-order valence-electron chi connectivity index (χ1n) is 6.44. The summed E-state index contributed by atoms with van der Waals surface area (Å²) in [6.45, 7) is 2.74. The Morgan fingerprint density at radius 3 is 3.00 bits per heavy atom. The van der Waals surface area contributed by atoms with Gasteiger partial charge in [0, 0.05) is 11.4 Å². The molecule has 0 radical (unpaired) electrons. The molecule has 0 aliphatic carbocycles. The van der Waals surface area contributed by atoms with E-state index >= 15 is 0 Å². The third-order valence-electron chi connectivity index (χ3n) is 3.79. The summed E-state index contributed by atoms with van der Waals surface area (Å²) in [5, 5.41) is 11.3. The topological polar surface area (TPSA) is 40.5 Å². The lowest BCUT2D eigenvalue weighted by Crippen LogP contribution is -2.34. The highest BCUT2D eigenvalue weighted by Gasteiger charge is 2.28. The number of nitrogens with zero attached hydrogens (tertiary/aromatic N) is 1. The van der Waals surface area contributed by atoms with Crippen molar-refractivity contribution in [2.45, 2.75) is 19.4 Å². The van der Waals surface area contributed by atoms with Crippen molar-refractivity contribution in [2.75, 3.05) is 11.4 Å². The van der Waals surface area contributed by atoms with E-state index in [0.717, 1.165) is 6.42 Å². The van der Waals surface area contributed by atoms with Crippen LogP contribution in [0.25, 0.3) is 0 Å². The van der Waals surface area contributed by atoms with Crippen LogP contribution < -0.4 is 4.90 Å². The summed E-state index contributed by atoms with van der Waals surface area (Å²) in [5.74, 6) is -1.90. The molecule has 1 atom stereocenters. The number of fused-ring (bicyclic) bond motifs is 1. The summed E-state index contributed by atoms with van der Waals surface area (Å²) in [4.78, 5) is 14.6. The lowest BCUT2D eigenvalue weighted by molar-refractivity contribution is 0.0692. The van der Waals surface area contributed by atoms with E-state index in [4.69, 9.17) is 0 Å². The van der Waals surface area contributed by atoms with Crippen LogP contribution in [0.15, 0.2) is 29.6 Å². The van der Waals surface area contributed by atoms with E-state index in [1.54, 1.807) is 23.5 Å². The first kappa shape index (κ1) is 13.1. The first-order chi connectivity index (χ1) is 9.59. The monoisotopic (exact) mass is 291 g/mol. The smallest absolute Gasteiger partial charge is 0.340 e. The molecule has 1 aliphatic heterocycles. The van der Waals surface area contributed by atoms with Crippen LogP contribution >= 0.6 is 11.3 Å². The molecule has 5 heteroatoms. The molecular weight excluding hydrogens is 277 g/mol. The second-order valence-corrected chi connectivity index (χ2v) is 5.86. The van der Waals surface area contributed by atoms with Gasteiger partial charge in [-0.25, -0.2) is 9.18 Å². The van der Waals surface area contributed by atoms with Crippen LogP contribution in [0.3, 0.4) is 0 Å². The van der Waals surface area contributed by atoms with Gasteiger partial charge >= 0.3 is 5.97 Å². The number of hydrogen-bond donors (Lipinski definition) is 1. The summed E-state index contributed by atoms with van der Waals surface area (Å²) in [7, 11) is 0. The average Bonchev–Trinajstić information content (AvgIpc) is 2.87. The van der Waals surface area contributed by atoms with Crippen molar-refractivity contribution >= 4 is 23.0 Å². The van der Waals surface area contributed by atoms with Gasteiger partial charge in [0.1, 0.15) is 11.4 Å². The van der Waals surface area contributed by atoms with Crippen LogP contribution in [0.2, 0.25) is 0 Å². The molecule has 0 bridgehead atoms. The van der Waals surface area contributed by atoms with Crippen molar-refractivity contribution in [1.29, 1.82) is 0 Å². The molecule has 1 aromatic heterocycles. The Morgan fingerprint density at radius 2 is 2.25 bits per heavy atom. The standard InChI is InChI=1S/C15H14FNO2S/c1-9-10-6-8-20-13(10)5-7-17(9)12-4-2-3-11(16)14(12)15(18)19/h2-4,6,8-9H,5,7H2,1H3,(H,18,19). The van der Waals surface area contributed by atoms with Gasteiger partial charge in [0.2, 0.25) is 0 Å². The van der Waals surface area contributed by atoms with E-state index in [2.05, 4.69) is 6.07 Å². The third kappa shape index (κ3) is 1.98. The highest BCUT2D eigenvalue weighted by molar-refractivity contribution is 7.10. The van der Waals surface area contributed by atoms with Crippen molar-refractivity contribution in [3.63, 3.8) is 0 Å². The molecule has 3 rings (SSSR count). The zero-order valence-corrected chi connectivity index (χ0v) is 11.8. The quantitative estimate of drug-likeness (QED) is 0.917. The van der Waals surface area contributed by atoms with E-state index < -0.39 is 11.8 Å². The molecule has 1 unspecified atom stereocenters. The zero-order valence-electron chi connectivity index (χ0n) is 11.0. The van der Waals surface area contributed by atoms with Crippen molar-refractivity contribution in [2.24, 2.45) is 0 Å². The van der Waals surface area contributed by atoms with E-state index in [1.165, 1.54) is 16.5 Å². The third-order valence-corrected chi connectivity index (χ3v) is 4.79. The molecule has 3 nitrogen and oxygen atoms in total. The molecule has 1 aliphatic rings. The van der Waals surface area contributed by atoms with Gasteiger partial charge in [-0.2, -0.15) is 0 Å². The van der Waals surface area contributed by atoms with E-state index in [9.17, 15) is 14.3 Å². The highest BCUT2D eigenvalue weighted by atomic mass is 32.1. The maximum absolute atomic E-state index is 13.8. The van der Waals surface area contributed by atoms with Crippen molar-refractivity contribution < 1.29 is 14.3 Å². The highest BCUT2D eigenvalue weighted by Crippen LogP contribution is 2.37. The van der Waals surface area contributed by atoms with Gasteiger partial charge in [0.25, 0.3) is 0 Å². The minimum Gasteiger partial charge on any atom is -0.478 e. The summed E-state index contributed by atoms with van der Waals surface area (Å²) in [6.07, 6.45) is 0.868. The van der Waals surface area contributed by atoms with Crippen molar-refractivity contribution in [3.8, 4) is 0 Å². The maximum Gasteiger partial charge on any atom is 0.340 e. The number of carboxylic acids is 1. The predicted molar refractivity (Wildman–Crippen MR) is 77.1 cm³/mol. The molecule has 0 saturated carbocycles. The molecule has 0 fully saturated rings. The maximum atomic E-state index is 13.8. The van der Waals surface area contributed by atoms with E-state index in [-0.39, 0.29) is 11.6 Å². The molecule has 104 valence electrons. The summed E-state index contributed by atoms with van der Waals surface area (Å²) >= 11 is 1.72. The number of carbonyl (C=O) groups is 1. The molecular formula is C15H14FNO2S. The number of rotatable bonds is 2. The molecule has 2 heterocycles. The fourth-order valence-corrected chi connectivity index (χ4v) is 3.77. The van der Waals surface area contributed by atoms with Gasteiger partial charge in [-0.1, -0.05) is 6.07 Å². The molecule has 0 saturated heterocycles. The molecule has 20 heavy (non-hydrogen) atoms. The number of aromatic carboxylic acids is 1. The molecule has 2 aromatic rings. The fourth-order valence-electron chi connectivity index (χ4n) is 2.80. The summed E-state index contributed by atoms with van der Waals surface area (Å²) in [5.41, 5.74) is 1.43. The average molecular weight is 291 g/mol. The van der Waals surface area contributed by atoms with Crippen LogP contribution in [0, 0.1) is 5.82 Å². The van der Waals surface area contributed by atoms with Gasteiger partial charge in [-0.3, -0.25) is 0 Å². The number of benzene rings is 1. The number of halogens is 1. The van der Waals surface area contributed by atoms with Crippen LogP contribution in [0.5, 0.6) is 0 Å². The Hall–Kier alpha value is -1.88. The van der Waals surface area contributed by atoms with Gasteiger partial charge in [0.05, 0.1) is 11.7 Å². The first-order valence-corrected chi connectivity index (χ1v) is 7.32. The molecule has 1 aromatic carbocycles. The van der Waals surface area contributed by atoms with E-state index in [1.807, 2.05) is 17.2 Å². The van der Waals surface area contributed by atoms with Gasteiger partial charge < -0.3 is 10.0 Å². The number of hydrogen-bond acceptors (Lipinski definition) is 3. The van der Waals surface area contributed by atoms with Gasteiger partial charge in [-0.05, 0) is 42.5 Å². The Balaban J connectivity index is 2.07. The molecule has 0 amide bonds. The largest absolute Gasteiger partial charge is 0.478 e. The second-order valence-electron chi connectivity index (χ2n) is 4.86. The van der Waals surface area contributed by atoms with E-state index in [0.29, 0.717) is 12.2 Å². The zero-order chi connectivity index (χ0) is 14.3. The minimum atomic E-state index is -1.22. The number of anilines is 1. The fraction of sp³-hybridized carbons (Fsp3) is 0.267. The van der Waals surface area contributed by atoms with Gasteiger partial charge in [0.15, 0.2) is 0 Å². The Bertz CT molecular complexity index is 668. The molecule has 1 N–H and O–H groups in total. The van der Waals surface area contributed by atoms with Gasteiger partial charge in [-0.15, -0.1) is 11.3 Å². The summed E-state index contributed by atoms with van der Waals surface area (Å²) < 4.78 is 13.8. The minimum absolute atomic E-state index is 0.0601. The van der Waals surface area contributed by atoms with Crippen LogP contribution in [-0.4, -0.2) is 17.6 Å². The lowest BCUT2D eigenvalue weighted by Gasteiger charge is -2.36. The number of carboxylic acid groups (broad SMARTS) is 1. The van der Waals surface area contributed by atoms with Crippen LogP contribution in [0.4, 0.5) is 10.1 Å². The molecule has 0 spiro atoms. The van der Waals surface area contributed by atoms with Crippen LogP contribution in [0.1, 0.15) is 33.8 Å². The number of thiophene rings is 1. The van der Waals surface area contributed by atoms with Crippen molar-refractivity contribution in [3.05, 3.63) is 51.5 Å². The van der Waals surface area contributed by atoms with Crippen LogP contribution in [-0.2, 0) is 6.42 Å².